The van der Waals surface area contributed by atoms with Gasteiger partial charge in [0.05, 0.1) is 16.4 Å². The van der Waals surface area contributed by atoms with Crippen molar-refractivity contribution in [1.29, 1.82) is 0 Å². The van der Waals surface area contributed by atoms with Gasteiger partial charge in [-0.05, 0) is 55.0 Å². The van der Waals surface area contributed by atoms with Crippen molar-refractivity contribution >= 4 is 51.9 Å². The second-order valence-electron chi connectivity index (χ2n) is 4.19. The minimum Gasteiger partial charge on any atom is -0.331 e. The first kappa shape index (κ1) is 15.0. The van der Waals surface area contributed by atoms with Crippen molar-refractivity contribution in [3.05, 3.63) is 57.8 Å². The fraction of sp³-hybridized carbons (Fsp3) is 0.0714. The van der Waals surface area contributed by atoms with Crippen LogP contribution in [0, 0.1) is 12.7 Å². The molecule has 0 aliphatic carbocycles. The number of hydrogen-bond acceptors (Lipinski definition) is 1. The minimum atomic E-state index is -0.373. The predicted molar refractivity (Wildman–Crippen MR) is 87.4 cm³/mol. The molecule has 0 spiro atoms. The van der Waals surface area contributed by atoms with Gasteiger partial charge in [-0.1, -0.05) is 29.3 Å². The summed E-state index contributed by atoms with van der Waals surface area (Å²) in [7, 11) is 0. The molecular weight excluding hydrogens is 318 g/mol. The maximum absolute atomic E-state index is 13.6. The Labute approximate surface area is 131 Å². The van der Waals surface area contributed by atoms with Gasteiger partial charge in [-0.15, -0.1) is 0 Å². The Balaban J connectivity index is 2.11. The molecule has 0 bridgehead atoms. The first-order valence-electron chi connectivity index (χ1n) is 5.75. The highest BCUT2D eigenvalue weighted by molar-refractivity contribution is 7.80. The molecule has 0 aliphatic rings. The second kappa shape index (κ2) is 6.39. The zero-order chi connectivity index (χ0) is 14.7. The van der Waals surface area contributed by atoms with E-state index in [4.69, 9.17) is 35.4 Å². The van der Waals surface area contributed by atoms with Crippen molar-refractivity contribution < 1.29 is 4.39 Å². The Hall–Kier alpha value is -1.36. The van der Waals surface area contributed by atoms with Gasteiger partial charge in [0.2, 0.25) is 0 Å². The average molecular weight is 329 g/mol. The SMILES string of the molecule is Cc1ccc(F)c(NC(=S)Nc2ccc(Cl)cc2Cl)c1. The summed E-state index contributed by atoms with van der Waals surface area (Å²) in [6.07, 6.45) is 0. The van der Waals surface area contributed by atoms with Crippen molar-refractivity contribution in [1.82, 2.24) is 0 Å². The summed E-state index contributed by atoms with van der Waals surface area (Å²) in [4.78, 5) is 0. The second-order valence-corrected chi connectivity index (χ2v) is 5.44. The summed E-state index contributed by atoms with van der Waals surface area (Å²) in [6, 6.07) is 9.73. The molecule has 6 heteroatoms. The molecule has 0 unspecified atom stereocenters. The lowest BCUT2D eigenvalue weighted by molar-refractivity contribution is 0.632. The fourth-order valence-electron chi connectivity index (χ4n) is 1.60. The highest BCUT2D eigenvalue weighted by atomic mass is 35.5. The van der Waals surface area contributed by atoms with Crippen LogP contribution in [0.3, 0.4) is 0 Å². The van der Waals surface area contributed by atoms with Crippen LogP contribution >= 0.6 is 35.4 Å². The van der Waals surface area contributed by atoms with Gasteiger partial charge < -0.3 is 10.6 Å². The van der Waals surface area contributed by atoms with Gasteiger partial charge in [-0.3, -0.25) is 0 Å². The molecule has 0 saturated carbocycles. The van der Waals surface area contributed by atoms with Crippen LogP contribution in [0.15, 0.2) is 36.4 Å². The lowest BCUT2D eigenvalue weighted by Crippen LogP contribution is -2.20. The molecule has 20 heavy (non-hydrogen) atoms. The van der Waals surface area contributed by atoms with Crippen LogP contribution in [-0.4, -0.2) is 5.11 Å². The molecule has 0 atom stereocenters. The summed E-state index contributed by atoms with van der Waals surface area (Å²) < 4.78 is 13.6. The normalized spacial score (nSPS) is 10.2. The number of thiocarbonyl (C=S) groups is 1. The topological polar surface area (TPSA) is 24.1 Å². The van der Waals surface area contributed by atoms with Crippen molar-refractivity contribution in [2.75, 3.05) is 10.6 Å². The molecule has 0 aromatic heterocycles. The number of halogens is 3. The summed E-state index contributed by atoms with van der Waals surface area (Å²) in [5, 5.41) is 6.91. The van der Waals surface area contributed by atoms with E-state index in [2.05, 4.69) is 10.6 Å². The molecule has 2 nitrogen and oxygen atoms in total. The van der Waals surface area contributed by atoms with Gasteiger partial charge >= 0.3 is 0 Å². The zero-order valence-corrected chi connectivity index (χ0v) is 12.8. The maximum Gasteiger partial charge on any atom is 0.175 e. The molecule has 0 heterocycles. The highest BCUT2D eigenvalue weighted by Crippen LogP contribution is 2.25. The van der Waals surface area contributed by atoms with Gasteiger partial charge in [0.1, 0.15) is 5.82 Å². The quantitative estimate of drug-likeness (QED) is 0.736. The molecule has 0 fully saturated rings. The van der Waals surface area contributed by atoms with Gasteiger partial charge in [-0.2, -0.15) is 0 Å². The third-order valence-electron chi connectivity index (χ3n) is 2.55. The average Bonchev–Trinajstić information content (AvgIpc) is 2.37. The molecule has 2 rings (SSSR count). The summed E-state index contributed by atoms with van der Waals surface area (Å²) >= 11 is 17.0. The van der Waals surface area contributed by atoms with Crippen LogP contribution in [0.1, 0.15) is 5.56 Å². The van der Waals surface area contributed by atoms with E-state index in [0.29, 0.717) is 21.4 Å². The summed E-state index contributed by atoms with van der Waals surface area (Å²) in [5.74, 6) is -0.373. The standard InChI is InChI=1S/C14H11Cl2FN2S/c1-8-2-4-11(17)13(6-8)19-14(20)18-12-5-3-9(15)7-10(12)16/h2-7H,1H3,(H2,18,19,20). The lowest BCUT2D eigenvalue weighted by Gasteiger charge is -2.13. The van der Waals surface area contributed by atoms with Crippen LogP contribution in [-0.2, 0) is 0 Å². The molecule has 2 aromatic rings. The Morgan fingerprint density at radius 3 is 2.45 bits per heavy atom. The number of hydrogen-bond donors (Lipinski definition) is 2. The lowest BCUT2D eigenvalue weighted by atomic mass is 10.2. The van der Waals surface area contributed by atoms with Crippen molar-refractivity contribution in [2.45, 2.75) is 6.92 Å². The van der Waals surface area contributed by atoms with Crippen LogP contribution in [0.25, 0.3) is 0 Å². The minimum absolute atomic E-state index is 0.249. The van der Waals surface area contributed by atoms with Crippen molar-refractivity contribution in [3.63, 3.8) is 0 Å². The van der Waals surface area contributed by atoms with Crippen molar-refractivity contribution in [3.8, 4) is 0 Å². The number of anilines is 2. The third-order valence-corrected chi connectivity index (χ3v) is 3.30. The van der Waals surface area contributed by atoms with E-state index in [9.17, 15) is 4.39 Å². The van der Waals surface area contributed by atoms with E-state index >= 15 is 0 Å². The Morgan fingerprint density at radius 1 is 1.05 bits per heavy atom. The molecule has 2 N–H and O–H groups in total. The maximum atomic E-state index is 13.6. The molecule has 104 valence electrons. The van der Waals surface area contributed by atoms with Gasteiger partial charge in [0.25, 0.3) is 0 Å². The molecule has 0 aliphatic heterocycles. The van der Waals surface area contributed by atoms with Crippen LogP contribution in [0.2, 0.25) is 10.0 Å². The van der Waals surface area contributed by atoms with E-state index in [-0.39, 0.29) is 10.9 Å². The Bertz CT molecular complexity index is 662. The molecule has 0 radical (unpaired) electrons. The largest absolute Gasteiger partial charge is 0.331 e. The highest BCUT2D eigenvalue weighted by Gasteiger charge is 2.07. The van der Waals surface area contributed by atoms with Crippen LogP contribution in [0.4, 0.5) is 15.8 Å². The van der Waals surface area contributed by atoms with Crippen molar-refractivity contribution in [2.24, 2.45) is 0 Å². The van der Waals surface area contributed by atoms with Crippen LogP contribution < -0.4 is 10.6 Å². The number of aryl methyl sites for hydroxylation is 1. The first-order chi connectivity index (χ1) is 9.45. The van der Waals surface area contributed by atoms with E-state index in [1.54, 1.807) is 30.3 Å². The number of nitrogens with one attached hydrogen (secondary N) is 2. The van der Waals surface area contributed by atoms with E-state index in [1.165, 1.54) is 6.07 Å². The number of rotatable bonds is 2. The van der Waals surface area contributed by atoms with Gasteiger partial charge in [0.15, 0.2) is 5.11 Å². The zero-order valence-electron chi connectivity index (χ0n) is 10.5. The monoisotopic (exact) mass is 328 g/mol. The molecule has 0 amide bonds. The van der Waals surface area contributed by atoms with E-state index in [0.717, 1.165) is 5.56 Å². The molecule has 2 aromatic carbocycles. The summed E-state index contributed by atoms with van der Waals surface area (Å²) in [6.45, 7) is 1.87. The predicted octanol–water partition coefficient (Wildman–Crippen LogP) is 5.25. The van der Waals surface area contributed by atoms with E-state index in [1.807, 2.05) is 6.92 Å². The van der Waals surface area contributed by atoms with Crippen LogP contribution in [0.5, 0.6) is 0 Å². The Morgan fingerprint density at radius 2 is 1.75 bits per heavy atom. The smallest absolute Gasteiger partial charge is 0.175 e. The van der Waals surface area contributed by atoms with E-state index < -0.39 is 0 Å². The van der Waals surface area contributed by atoms with Gasteiger partial charge in [0, 0.05) is 5.02 Å². The fourth-order valence-corrected chi connectivity index (χ4v) is 2.28. The summed E-state index contributed by atoms with van der Waals surface area (Å²) in [5.41, 5.74) is 1.84. The first-order valence-corrected chi connectivity index (χ1v) is 6.91. The van der Waals surface area contributed by atoms with Gasteiger partial charge in [-0.25, -0.2) is 4.39 Å². The Kier molecular flexibility index (Phi) is 4.81. The molecule has 0 saturated heterocycles. The third kappa shape index (κ3) is 3.82. The number of benzene rings is 2. The molecular formula is C14H11Cl2FN2S.